The molecule has 0 N–H and O–H groups in total. The molecule has 0 bridgehead atoms. The van der Waals surface area contributed by atoms with E-state index in [1.807, 2.05) is 36.4 Å². The maximum absolute atomic E-state index is 13.2. The smallest absolute Gasteiger partial charge is 0.244 e. The highest BCUT2D eigenvalue weighted by Crippen LogP contribution is 2.35. The lowest BCUT2D eigenvalue weighted by molar-refractivity contribution is -0.136. The second-order valence-electron chi connectivity index (χ2n) is 7.89. The molecule has 7 heteroatoms. The minimum absolute atomic E-state index is 0.0512. The van der Waals surface area contributed by atoms with E-state index < -0.39 is 0 Å². The molecule has 0 radical (unpaired) electrons. The van der Waals surface area contributed by atoms with Gasteiger partial charge in [0.2, 0.25) is 5.91 Å². The number of pyridine rings is 1. The Morgan fingerprint density at radius 2 is 2.03 bits per heavy atom. The number of hydrogen-bond acceptors (Lipinski definition) is 5. The summed E-state index contributed by atoms with van der Waals surface area (Å²) >= 11 is 0. The number of rotatable bonds is 6. The van der Waals surface area contributed by atoms with E-state index in [9.17, 15) is 4.79 Å². The number of nitrogens with zero attached hydrogens (tertiary/aromatic N) is 6. The predicted octanol–water partition coefficient (Wildman–Crippen LogP) is 3.75. The number of piperidine rings is 1. The molecular weight excluding hydrogens is 376 g/mol. The SMILES string of the molecule is CCCc1ncc(-c2ccncc2)c([C@@H]2CCCCN2C(=O)Cn2cc(C)cn2)n1. The average molecular weight is 405 g/mol. The summed E-state index contributed by atoms with van der Waals surface area (Å²) in [5.74, 6) is 0.921. The molecule has 0 spiro atoms. The third-order valence-electron chi connectivity index (χ3n) is 5.53. The van der Waals surface area contributed by atoms with E-state index in [4.69, 9.17) is 4.98 Å². The van der Waals surface area contributed by atoms with Crippen LogP contribution in [0.2, 0.25) is 0 Å². The number of carbonyl (C=O) groups is 1. The number of aryl methyl sites for hydroxylation is 2. The van der Waals surface area contributed by atoms with Crippen molar-refractivity contribution in [3.05, 3.63) is 60.2 Å². The molecule has 1 fully saturated rings. The zero-order chi connectivity index (χ0) is 20.9. The van der Waals surface area contributed by atoms with Crippen molar-refractivity contribution in [1.82, 2.24) is 29.6 Å². The van der Waals surface area contributed by atoms with Gasteiger partial charge in [-0.25, -0.2) is 9.97 Å². The zero-order valence-electron chi connectivity index (χ0n) is 17.7. The summed E-state index contributed by atoms with van der Waals surface area (Å²) in [6.07, 6.45) is 14.0. The molecule has 0 aromatic carbocycles. The van der Waals surface area contributed by atoms with Crippen LogP contribution < -0.4 is 0 Å². The molecule has 156 valence electrons. The predicted molar refractivity (Wildman–Crippen MR) is 115 cm³/mol. The van der Waals surface area contributed by atoms with E-state index in [1.54, 1.807) is 23.3 Å². The Hall–Kier alpha value is -3.09. The second kappa shape index (κ2) is 9.15. The quantitative estimate of drug-likeness (QED) is 0.625. The number of carbonyl (C=O) groups excluding carboxylic acids is 1. The first kappa shape index (κ1) is 20.2. The molecule has 0 aliphatic carbocycles. The highest BCUT2D eigenvalue weighted by molar-refractivity contribution is 5.77. The highest BCUT2D eigenvalue weighted by Gasteiger charge is 2.31. The molecule has 4 heterocycles. The lowest BCUT2D eigenvalue weighted by Crippen LogP contribution is -2.41. The van der Waals surface area contributed by atoms with Gasteiger partial charge < -0.3 is 4.90 Å². The number of hydrogen-bond donors (Lipinski definition) is 0. The summed E-state index contributed by atoms with van der Waals surface area (Å²) in [5, 5.41) is 4.29. The third kappa shape index (κ3) is 4.40. The number of amides is 1. The van der Waals surface area contributed by atoms with Gasteiger partial charge in [-0.15, -0.1) is 0 Å². The van der Waals surface area contributed by atoms with E-state index in [-0.39, 0.29) is 18.5 Å². The van der Waals surface area contributed by atoms with Gasteiger partial charge in [-0.2, -0.15) is 5.10 Å². The minimum Gasteiger partial charge on any atom is -0.332 e. The van der Waals surface area contributed by atoms with Crippen LogP contribution in [0.5, 0.6) is 0 Å². The maximum atomic E-state index is 13.2. The first-order valence-corrected chi connectivity index (χ1v) is 10.7. The molecule has 0 unspecified atom stereocenters. The Balaban J connectivity index is 1.70. The fourth-order valence-corrected chi connectivity index (χ4v) is 4.08. The molecule has 1 saturated heterocycles. The van der Waals surface area contributed by atoms with E-state index in [2.05, 4.69) is 22.0 Å². The van der Waals surface area contributed by atoms with E-state index >= 15 is 0 Å². The maximum Gasteiger partial charge on any atom is 0.244 e. The molecule has 4 rings (SSSR count). The number of aromatic nitrogens is 5. The van der Waals surface area contributed by atoms with E-state index in [0.717, 1.165) is 66.9 Å². The van der Waals surface area contributed by atoms with Crippen molar-refractivity contribution in [3.8, 4) is 11.1 Å². The molecule has 30 heavy (non-hydrogen) atoms. The highest BCUT2D eigenvalue weighted by atomic mass is 16.2. The standard InChI is InChI=1S/C23H28N6O/c1-3-6-21-25-14-19(18-8-10-24-11-9-18)23(27-21)20-7-4-5-12-29(20)22(30)16-28-15-17(2)13-26-28/h8-11,13-15,20H,3-7,12,16H2,1-2H3/t20-/m0/s1. The second-order valence-corrected chi connectivity index (χ2v) is 7.89. The van der Waals surface area contributed by atoms with Crippen molar-refractivity contribution < 1.29 is 4.79 Å². The summed E-state index contributed by atoms with van der Waals surface area (Å²) in [5.41, 5.74) is 4.02. The number of likely N-dealkylation sites (tertiary alicyclic amines) is 1. The molecule has 7 nitrogen and oxygen atoms in total. The topological polar surface area (TPSA) is 76.8 Å². The van der Waals surface area contributed by atoms with Gasteiger partial charge in [0.25, 0.3) is 0 Å². The van der Waals surface area contributed by atoms with Crippen molar-refractivity contribution in [2.75, 3.05) is 6.54 Å². The average Bonchev–Trinajstić information content (AvgIpc) is 3.19. The molecule has 1 aliphatic heterocycles. The van der Waals surface area contributed by atoms with Crippen LogP contribution >= 0.6 is 0 Å². The molecule has 1 amide bonds. The lowest BCUT2D eigenvalue weighted by atomic mass is 9.94. The van der Waals surface area contributed by atoms with Gasteiger partial charge in [-0.1, -0.05) is 6.92 Å². The van der Waals surface area contributed by atoms with Crippen LogP contribution in [0.3, 0.4) is 0 Å². The van der Waals surface area contributed by atoms with Gasteiger partial charge in [0.15, 0.2) is 0 Å². The van der Waals surface area contributed by atoms with Gasteiger partial charge >= 0.3 is 0 Å². The van der Waals surface area contributed by atoms with Gasteiger partial charge in [-0.3, -0.25) is 14.5 Å². The van der Waals surface area contributed by atoms with E-state index in [0.29, 0.717) is 0 Å². The van der Waals surface area contributed by atoms with Crippen LogP contribution in [-0.2, 0) is 17.8 Å². The normalized spacial score (nSPS) is 16.6. The zero-order valence-corrected chi connectivity index (χ0v) is 17.7. The van der Waals surface area contributed by atoms with Crippen LogP contribution in [0.25, 0.3) is 11.1 Å². The van der Waals surface area contributed by atoms with Crippen molar-refractivity contribution in [3.63, 3.8) is 0 Å². The minimum atomic E-state index is -0.0512. The Labute approximate surface area is 177 Å². The molecule has 1 atom stereocenters. The Kier molecular flexibility index (Phi) is 6.16. The Bertz CT molecular complexity index is 1000. The Morgan fingerprint density at radius 3 is 2.77 bits per heavy atom. The fraction of sp³-hybridized carbons (Fsp3) is 0.435. The first-order valence-electron chi connectivity index (χ1n) is 10.7. The summed E-state index contributed by atoms with van der Waals surface area (Å²) < 4.78 is 1.72. The molecule has 1 aliphatic rings. The lowest BCUT2D eigenvalue weighted by Gasteiger charge is -2.36. The van der Waals surface area contributed by atoms with Crippen LogP contribution in [0.4, 0.5) is 0 Å². The monoisotopic (exact) mass is 404 g/mol. The van der Waals surface area contributed by atoms with Gasteiger partial charge in [0, 0.05) is 43.3 Å². The molecular formula is C23H28N6O. The summed E-state index contributed by atoms with van der Waals surface area (Å²) in [7, 11) is 0. The van der Waals surface area contributed by atoms with Gasteiger partial charge in [0.1, 0.15) is 12.4 Å². The van der Waals surface area contributed by atoms with Crippen molar-refractivity contribution in [2.24, 2.45) is 0 Å². The molecule has 3 aromatic rings. The van der Waals surface area contributed by atoms with Crippen LogP contribution in [0, 0.1) is 6.92 Å². The fourth-order valence-electron chi connectivity index (χ4n) is 4.08. The first-order chi connectivity index (χ1) is 14.7. The largest absolute Gasteiger partial charge is 0.332 e. The van der Waals surface area contributed by atoms with Gasteiger partial charge in [0.05, 0.1) is 17.9 Å². The van der Waals surface area contributed by atoms with Gasteiger partial charge in [-0.05, 0) is 55.9 Å². The van der Waals surface area contributed by atoms with Crippen LogP contribution in [-0.4, -0.2) is 42.1 Å². The summed E-state index contributed by atoms with van der Waals surface area (Å²) in [6.45, 7) is 5.10. The molecule has 3 aromatic heterocycles. The Morgan fingerprint density at radius 1 is 1.20 bits per heavy atom. The van der Waals surface area contributed by atoms with Crippen molar-refractivity contribution in [2.45, 2.75) is 58.5 Å². The summed E-state index contributed by atoms with van der Waals surface area (Å²) in [6, 6.07) is 3.90. The third-order valence-corrected chi connectivity index (χ3v) is 5.53. The van der Waals surface area contributed by atoms with Crippen LogP contribution in [0.15, 0.2) is 43.1 Å². The summed E-state index contributed by atoms with van der Waals surface area (Å²) in [4.78, 5) is 28.9. The van der Waals surface area contributed by atoms with Crippen molar-refractivity contribution in [1.29, 1.82) is 0 Å². The van der Waals surface area contributed by atoms with Crippen molar-refractivity contribution >= 4 is 5.91 Å². The van der Waals surface area contributed by atoms with Crippen LogP contribution in [0.1, 0.15) is 55.7 Å². The molecule has 0 saturated carbocycles. The van der Waals surface area contributed by atoms with E-state index in [1.165, 1.54) is 0 Å².